The number of aromatic amines is 1. The van der Waals surface area contributed by atoms with Gasteiger partial charge in [-0.05, 0) is 70.0 Å². The number of rotatable bonds is 12. The van der Waals surface area contributed by atoms with E-state index in [0.29, 0.717) is 48.9 Å². The number of aliphatic imine (C=N–C) groups is 1. The maximum Gasteiger partial charge on any atom is 0.319 e. The summed E-state index contributed by atoms with van der Waals surface area (Å²) in [5, 5.41) is 8.74. The summed E-state index contributed by atoms with van der Waals surface area (Å²) in [6.45, 7) is 14.7. The number of guanidine groups is 1. The SMILES string of the molecule is CC(C)(C)NC(=O)Nc1ccc(F)cc1OCCCN.CC(C)(C)c1ncc(-c2ccc(CNCCCN=C(N)N)cc2)c(=O)[nH]1. The van der Waals surface area contributed by atoms with Crippen molar-refractivity contribution in [1.82, 2.24) is 20.6 Å². The highest BCUT2D eigenvalue weighted by atomic mass is 19.1. The van der Waals surface area contributed by atoms with Crippen LogP contribution in [0, 0.1) is 5.82 Å². The van der Waals surface area contributed by atoms with E-state index in [1.165, 1.54) is 18.2 Å². The maximum absolute atomic E-state index is 13.2. The molecular formula is C33H50FN9O3. The first-order chi connectivity index (χ1) is 21.6. The Bertz CT molecular complexity index is 1470. The number of nitrogens with zero attached hydrogens (tertiary/aromatic N) is 2. The fraction of sp³-hybridized carbons (Fsp3) is 0.455. The smallest absolute Gasteiger partial charge is 0.319 e. The van der Waals surface area contributed by atoms with Gasteiger partial charge in [-0.1, -0.05) is 45.0 Å². The largest absolute Gasteiger partial charge is 0.491 e. The minimum absolute atomic E-state index is 0.115. The van der Waals surface area contributed by atoms with Crippen molar-refractivity contribution in [2.75, 3.05) is 31.6 Å². The molecule has 2 aromatic carbocycles. The van der Waals surface area contributed by atoms with Crippen LogP contribution >= 0.6 is 0 Å². The molecular weight excluding hydrogens is 589 g/mol. The predicted molar refractivity (Wildman–Crippen MR) is 183 cm³/mol. The summed E-state index contributed by atoms with van der Waals surface area (Å²) in [6.07, 6.45) is 3.18. The summed E-state index contributed by atoms with van der Waals surface area (Å²) < 4.78 is 18.7. The molecule has 0 aliphatic rings. The number of ether oxygens (including phenoxy) is 1. The van der Waals surface area contributed by atoms with Crippen LogP contribution in [-0.2, 0) is 12.0 Å². The highest BCUT2D eigenvalue weighted by molar-refractivity contribution is 5.91. The highest BCUT2D eigenvalue weighted by Crippen LogP contribution is 2.26. The average Bonchev–Trinajstić information content (AvgIpc) is 2.95. The molecule has 0 saturated carbocycles. The number of nitrogens with one attached hydrogen (secondary N) is 4. The fourth-order valence-corrected chi connectivity index (χ4v) is 3.91. The predicted octanol–water partition coefficient (Wildman–Crippen LogP) is 3.96. The number of carbonyl (C=O) groups excluding carboxylic acids is 1. The lowest BCUT2D eigenvalue weighted by Crippen LogP contribution is -2.43. The van der Waals surface area contributed by atoms with Gasteiger partial charge < -0.3 is 42.9 Å². The van der Waals surface area contributed by atoms with Crippen molar-refractivity contribution >= 4 is 17.7 Å². The van der Waals surface area contributed by atoms with Gasteiger partial charge in [0, 0.05) is 36.3 Å². The monoisotopic (exact) mass is 639 g/mol. The molecule has 46 heavy (non-hydrogen) atoms. The Kier molecular flexibility index (Phi) is 14.6. The lowest BCUT2D eigenvalue weighted by atomic mass is 9.95. The molecule has 0 atom stereocenters. The van der Waals surface area contributed by atoms with E-state index < -0.39 is 5.82 Å². The lowest BCUT2D eigenvalue weighted by molar-refractivity contribution is 0.243. The van der Waals surface area contributed by atoms with Crippen LogP contribution in [0.15, 0.2) is 58.4 Å². The summed E-state index contributed by atoms with van der Waals surface area (Å²) in [5.74, 6) is 0.686. The fourth-order valence-electron chi connectivity index (χ4n) is 3.91. The van der Waals surface area contributed by atoms with Crippen LogP contribution in [0.2, 0.25) is 0 Å². The van der Waals surface area contributed by atoms with Crippen LogP contribution < -0.4 is 43.4 Å². The number of amides is 2. The molecule has 0 fully saturated rings. The van der Waals surface area contributed by atoms with Crippen molar-refractivity contribution < 1.29 is 13.9 Å². The van der Waals surface area contributed by atoms with Gasteiger partial charge in [0.15, 0.2) is 5.96 Å². The number of hydrogen-bond donors (Lipinski definition) is 7. The quantitative estimate of drug-likeness (QED) is 0.0877. The zero-order chi connectivity index (χ0) is 34.3. The second-order valence-electron chi connectivity index (χ2n) is 12.7. The van der Waals surface area contributed by atoms with Crippen molar-refractivity contribution in [1.29, 1.82) is 0 Å². The first-order valence-corrected chi connectivity index (χ1v) is 15.3. The van der Waals surface area contributed by atoms with Gasteiger partial charge in [-0.2, -0.15) is 0 Å². The van der Waals surface area contributed by atoms with E-state index in [4.69, 9.17) is 21.9 Å². The molecule has 0 aliphatic heterocycles. The normalized spacial score (nSPS) is 11.2. The van der Waals surface area contributed by atoms with Gasteiger partial charge in [0.05, 0.1) is 17.9 Å². The summed E-state index contributed by atoms with van der Waals surface area (Å²) in [7, 11) is 0. The standard InChI is InChI=1S/C19H28N6O.C14H22FN3O2/c1-19(2,3)17-24-12-15(16(26)25-17)14-7-5-13(6-8-14)11-22-9-4-10-23-18(20)21;1-14(2,3)18-13(19)17-11-6-5-10(15)9-12(11)20-8-4-7-16/h5-8,12,22H,4,9-11H2,1-3H3,(H4,20,21,23)(H,24,25,26);5-6,9H,4,7-8,16H2,1-3H3,(H2,17,18,19). The number of hydrogen-bond acceptors (Lipinski definition) is 7. The molecule has 10 N–H and O–H groups in total. The van der Waals surface area contributed by atoms with Crippen molar-refractivity contribution in [3.8, 4) is 16.9 Å². The zero-order valence-corrected chi connectivity index (χ0v) is 27.8. The molecule has 0 spiro atoms. The Balaban J connectivity index is 0.000000332. The number of anilines is 1. The summed E-state index contributed by atoms with van der Waals surface area (Å²) in [4.78, 5) is 35.4. The van der Waals surface area contributed by atoms with E-state index in [1.54, 1.807) is 6.20 Å². The van der Waals surface area contributed by atoms with Gasteiger partial charge >= 0.3 is 6.03 Å². The topological polar surface area (TPSA) is 199 Å². The average molecular weight is 640 g/mol. The third kappa shape index (κ3) is 14.1. The Morgan fingerprint density at radius 2 is 1.74 bits per heavy atom. The Morgan fingerprint density at radius 3 is 2.33 bits per heavy atom. The minimum atomic E-state index is -0.422. The van der Waals surface area contributed by atoms with E-state index in [0.717, 1.165) is 30.6 Å². The van der Waals surface area contributed by atoms with Crippen molar-refractivity contribution in [3.05, 3.63) is 76.2 Å². The van der Waals surface area contributed by atoms with Gasteiger partial charge in [0.25, 0.3) is 5.56 Å². The van der Waals surface area contributed by atoms with Crippen molar-refractivity contribution in [2.24, 2.45) is 22.2 Å². The third-order valence-corrected chi connectivity index (χ3v) is 6.20. The molecule has 1 heterocycles. The minimum Gasteiger partial charge on any atom is -0.491 e. The number of urea groups is 1. The van der Waals surface area contributed by atoms with E-state index in [-0.39, 0.29) is 28.5 Å². The van der Waals surface area contributed by atoms with Crippen LogP contribution in [0.25, 0.3) is 11.1 Å². The molecule has 0 aliphatic carbocycles. The first-order valence-electron chi connectivity index (χ1n) is 15.3. The summed E-state index contributed by atoms with van der Waals surface area (Å²) >= 11 is 0. The molecule has 0 radical (unpaired) electrons. The van der Waals surface area contributed by atoms with Gasteiger partial charge in [-0.25, -0.2) is 14.2 Å². The molecule has 0 unspecified atom stereocenters. The van der Waals surface area contributed by atoms with Crippen LogP contribution in [0.5, 0.6) is 5.75 Å². The molecule has 0 bridgehead atoms. The van der Waals surface area contributed by atoms with E-state index >= 15 is 0 Å². The lowest BCUT2D eigenvalue weighted by Gasteiger charge is -2.21. The summed E-state index contributed by atoms with van der Waals surface area (Å²) in [6, 6.07) is 11.5. The number of H-pyrrole nitrogens is 1. The molecule has 3 rings (SSSR count). The Morgan fingerprint density at radius 1 is 1.04 bits per heavy atom. The number of aromatic nitrogens is 2. The molecule has 2 amide bonds. The van der Waals surface area contributed by atoms with Gasteiger partial charge in [0.1, 0.15) is 17.4 Å². The molecule has 252 valence electrons. The maximum atomic E-state index is 13.2. The third-order valence-electron chi connectivity index (χ3n) is 6.20. The number of benzene rings is 2. The number of nitrogens with two attached hydrogens (primary N) is 3. The Labute approximate surface area is 270 Å². The highest BCUT2D eigenvalue weighted by Gasteiger charge is 2.18. The molecule has 0 saturated heterocycles. The van der Waals surface area contributed by atoms with Crippen LogP contribution in [0.4, 0.5) is 14.9 Å². The number of halogens is 1. The first kappa shape index (κ1) is 37.7. The van der Waals surface area contributed by atoms with Crippen LogP contribution in [0.3, 0.4) is 0 Å². The molecule has 1 aromatic heterocycles. The van der Waals surface area contributed by atoms with Crippen LogP contribution in [-0.4, -0.2) is 53.7 Å². The number of carbonyl (C=O) groups is 1. The van der Waals surface area contributed by atoms with Crippen molar-refractivity contribution in [3.63, 3.8) is 0 Å². The molecule has 3 aromatic rings. The second-order valence-corrected chi connectivity index (χ2v) is 12.7. The second kappa shape index (κ2) is 17.9. The van der Waals surface area contributed by atoms with E-state index in [2.05, 4.69) is 30.9 Å². The van der Waals surface area contributed by atoms with Crippen molar-refractivity contribution in [2.45, 2.75) is 71.9 Å². The van der Waals surface area contributed by atoms with Gasteiger partial charge in [-0.15, -0.1) is 0 Å². The van der Waals surface area contributed by atoms with E-state index in [9.17, 15) is 14.0 Å². The molecule has 13 heteroatoms. The van der Waals surface area contributed by atoms with Gasteiger partial charge in [-0.3, -0.25) is 9.79 Å². The van der Waals surface area contributed by atoms with E-state index in [1.807, 2.05) is 65.8 Å². The Hall–Kier alpha value is -4.49. The summed E-state index contributed by atoms with van der Waals surface area (Å²) in [5.41, 5.74) is 18.3. The molecule has 12 nitrogen and oxygen atoms in total. The zero-order valence-electron chi connectivity index (χ0n) is 27.8. The van der Waals surface area contributed by atoms with Crippen LogP contribution in [0.1, 0.15) is 65.8 Å². The van der Waals surface area contributed by atoms with Gasteiger partial charge in [0.2, 0.25) is 0 Å².